The Balaban J connectivity index is 1.74. The van der Waals surface area contributed by atoms with E-state index in [0.29, 0.717) is 5.56 Å². The van der Waals surface area contributed by atoms with Gasteiger partial charge in [-0.15, -0.1) is 0 Å². The van der Waals surface area contributed by atoms with Crippen molar-refractivity contribution in [3.63, 3.8) is 0 Å². The highest BCUT2D eigenvalue weighted by molar-refractivity contribution is 5.45. The van der Waals surface area contributed by atoms with Gasteiger partial charge >= 0.3 is 0 Å². The minimum atomic E-state index is -0.185. The number of rotatable bonds is 4. The van der Waals surface area contributed by atoms with Crippen molar-refractivity contribution in [2.45, 2.75) is 25.9 Å². The normalized spacial score (nSPS) is 15.8. The molecule has 0 aliphatic carbocycles. The maximum atomic E-state index is 13.8. The number of ether oxygens (including phenoxy) is 2. The number of halogens is 1. The minimum Gasteiger partial charge on any atom is -0.454 e. The molecule has 110 valence electrons. The molecule has 0 amide bonds. The van der Waals surface area contributed by atoms with E-state index in [1.165, 1.54) is 6.07 Å². The fraction of sp³-hybridized carbons (Fsp3) is 0.294. The quantitative estimate of drug-likeness (QED) is 0.923. The molecule has 0 saturated carbocycles. The fourth-order valence-electron chi connectivity index (χ4n) is 2.57. The summed E-state index contributed by atoms with van der Waals surface area (Å²) >= 11 is 0. The van der Waals surface area contributed by atoms with Crippen LogP contribution >= 0.6 is 0 Å². The summed E-state index contributed by atoms with van der Waals surface area (Å²) in [5.74, 6) is 1.35. The van der Waals surface area contributed by atoms with Crippen LogP contribution in [0.4, 0.5) is 4.39 Å². The average Bonchev–Trinajstić information content (AvgIpc) is 2.94. The summed E-state index contributed by atoms with van der Waals surface area (Å²) in [6.45, 7) is 4.28. The van der Waals surface area contributed by atoms with Crippen LogP contribution in [-0.2, 0) is 0 Å². The second-order valence-electron chi connectivity index (χ2n) is 5.24. The third kappa shape index (κ3) is 2.85. The topological polar surface area (TPSA) is 30.5 Å². The molecule has 0 spiro atoms. The standard InChI is InChI=1S/C17H18FNO2/c1-11(13-7-8-16-17(9-13)21-10-20-16)19-12(2)14-5-3-4-6-15(14)18/h3-9,11-12,19H,10H2,1-2H3. The van der Waals surface area contributed by atoms with Crippen LogP contribution in [-0.4, -0.2) is 6.79 Å². The van der Waals surface area contributed by atoms with Gasteiger partial charge in [-0.2, -0.15) is 0 Å². The molecule has 0 aromatic heterocycles. The smallest absolute Gasteiger partial charge is 0.231 e. The van der Waals surface area contributed by atoms with Gasteiger partial charge in [-0.25, -0.2) is 4.39 Å². The molecule has 3 nitrogen and oxygen atoms in total. The van der Waals surface area contributed by atoms with E-state index in [4.69, 9.17) is 9.47 Å². The molecular weight excluding hydrogens is 269 g/mol. The van der Waals surface area contributed by atoms with Gasteiger partial charge in [0.25, 0.3) is 0 Å². The number of fused-ring (bicyclic) bond motifs is 1. The van der Waals surface area contributed by atoms with Crippen molar-refractivity contribution in [1.29, 1.82) is 0 Å². The summed E-state index contributed by atoms with van der Waals surface area (Å²) < 4.78 is 24.5. The third-order valence-corrected chi connectivity index (χ3v) is 3.77. The second kappa shape index (κ2) is 5.74. The van der Waals surface area contributed by atoms with Crippen molar-refractivity contribution in [2.75, 3.05) is 6.79 Å². The predicted molar refractivity (Wildman–Crippen MR) is 78.9 cm³/mol. The Morgan fingerprint density at radius 3 is 2.57 bits per heavy atom. The molecule has 2 unspecified atom stereocenters. The first-order valence-electron chi connectivity index (χ1n) is 7.05. The van der Waals surface area contributed by atoms with Crippen molar-refractivity contribution in [3.05, 3.63) is 59.4 Å². The highest BCUT2D eigenvalue weighted by atomic mass is 19.1. The summed E-state index contributed by atoms with van der Waals surface area (Å²) in [5.41, 5.74) is 1.76. The molecule has 0 bridgehead atoms. The maximum absolute atomic E-state index is 13.8. The molecule has 1 aliphatic rings. The largest absolute Gasteiger partial charge is 0.454 e. The van der Waals surface area contributed by atoms with Crippen LogP contribution in [0, 0.1) is 5.82 Å². The van der Waals surface area contributed by atoms with E-state index in [1.54, 1.807) is 12.1 Å². The summed E-state index contributed by atoms with van der Waals surface area (Å²) in [7, 11) is 0. The van der Waals surface area contributed by atoms with Crippen molar-refractivity contribution in [2.24, 2.45) is 0 Å². The van der Waals surface area contributed by atoms with Crippen LogP contribution in [0.5, 0.6) is 11.5 Å². The lowest BCUT2D eigenvalue weighted by Crippen LogP contribution is -2.23. The van der Waals surface area contributed by atoms with Crippen molar-refractivity contribution < 1.29 is 13.9 Å². The monoisotopic (exact) mass is 287 g/mol. The van der Waals surface area contributed by atoms with Crippen molar-refractivity contribution in [3.8, 4) is 11.5 Å². The summed E-state index contributed by atoms with van der Waals surface area (Å²) in [4.78, 5) is 0. The van der Waals surface area contributed by atoms with E-state index in [0.717, 1.165) is 17.1 Å². The lowest BCUT2D eigenvalue weighted by molar-refractivity contribution is 0.174. The van der Waals surface area contributed by atoms with Gasteiger partial charge in [0.05, 0.1) is 0 Å². The Morgan fingerprint density at radius 1 is 1.00 bits per heavy atom. The zero-order valence-electron chi connectivity index (χ0n) is 12.1. The van der Waals surface area contributed by atoms with Gasteiger partial charge < -0.3 is 14.8 Å². The van der Waals surface area contributed by atoms with E-state index in [9.17, 15) is 4.39 Å². The second-order valence-corrected chi connectivity index (χ2v) is 5.24. The number of hydrogen-bond acceptors (Lipinski definition) is 3. The summed E-state index contributed by atoms with van der Waals surface area (Å²) in [6, 6.07) is 12.7. The first kappa shape index (κ1) is 13.9. The molecule has 0 fully saturated rings. The number of nitrogens with one attached hydrogen (secondary N) is 1. The SMILES string of the molecule is CC(NC(C)c1ccccc1F)c1ccc2c(c1)OCO2. The Hall–Kier alpha value is -2.07. The van der Waals surface area contributed by atoms with E-state index in [2.05, 4.69) is 12.2 Å². The minimum absolute atomic E-state index is 0.0772. The zero-order valence-corrected chi connectivity index (χ0v) is 12.1. The highest BCUT2D eigenvalue weighted by Crippen LogP contribution is 2.34. The molecule has 2 aromatic carbocycles. The molecule has 1 aliphatic heterocycles. The summed E-state index contributed by atoms with van der Waals surface area (Å²) in [6.07, 6.45) is 0. The van der Waals surface area contributed by atoms with Gasteiger partial charge in [0.1, 0.15) is 5.82 Å². The molecule has 2 aromatic rings. The molecule has 2 atom stereocenters. The van der Waals surface area contributed by atoms with E-state index >= 15 is 0 Å². The van der Waals surface area contributed by atoms with Gasteiger partial charge in [-0.3, -0.25) is 0 Å². The average molecular weight is 287 g/mol. The fourth-order valence-corrected chi connectivity index (χ4v) is 2.57. The van der Waals surface area contributed by atoms with Gasteiger partial charge in [0.15, 0.2) is 11.5 Å². The van der Waals surface area contributed by atoms with Crippen LogP contribution in [0.3, 0.4) is 0 Å². The van der Waals surface area contributed by atoms with E-state index in [-0.39, 0.29) is 24.7 Å². The molecule has 1 N–H and O–H groups in total. The predicted octanol–water partition coefficient (Wildman–Crippen LogP) is 3.97. The number of benzene rings is 2. The molecule has 21 heavy (non-hydrogen) atoms. The highest BCUT2D eigenvalue weighted by Gasteiger charge is 2.18. The number of hydrogen-bond donors (Lipinski definition) is 1. The Kier molecular flexibility index (Phi) is 3.80. The third-order valence-electron chi connectivity index (χ3n) is 3.77. The van der Waals surface area contributed by atoms with Crippen molar-refractivity contribution >= 4 is 0 Å². The lowest BCUT2D eigenvalue weighted by atomic mass is 10.0. The van der Waals surface area contributed by atoms with E-state index < -0.39 is 0 Å². The molecule has 3 rings (SSSR count). The van der Waals surface area contributed by atoms with Crippen LogP contribution in [0.1, 0.15) is 37.1 Å². The van der Waals surface area contributed by atoms with Gasteiger partial charge in [-0.05, 0) is 37.6 Å². The van der Waals surface area contributed by atoms with Crippen LogP contribution in [0.25, 0.3) is 0 Å². The maximum Gasteiger partial charge on any atom is 0.231 e. The molecular formula is C17H18FNO2. The van der Waals surface area contributed by atoms with Crippen molar-refractivity contribution in [1.82, 2.24) is 5.32 Å². The Labute approximate surface area is 123 Å². The van der Waals surface area contributed by atoms with Crippen LogP contribution in [0.2, 0.25) is 0 Å². The first-order chi connectivity index (χ1) is 10.1. The molecule has 0 radical (unpaired) electrons. The lowest BCUT2D eigenvalue weighted by Gasteiger charge is -2.21. The Morgan fingerprint density at radius 2 is 1.76 bits per heavy atom. The van der Waals surface area contributed by atoms with Crippen LogP contribution in [0.15, 0.2) is 42.5 Å². The molecule has 1 heterocycles. The summed E-state index contributed by atoms with van der Waals surface area (Å²) in [5, 5.41) is 3.41. The van der Waals surface area contributed by atoms with Gasteiger partial charge in [-0.1, -0.05) is 24.3 Å². The van der Waals surface area contributed by atoms with E-state index in [1.807, 2.05) is 31.2 Å². The first-order valence-corrected chi connectivity index (χ1v) is 7.05. The Bertz CT molecular complexity index is 644. The van der Waals surface area contributed by atoms with Gasteiger partial charge in [0, 0.05) is 17.6 Å². The zero-order chi connectivity index (χ0) is 14.8. The molecule has 0 saturated heterocycles. The van der Waals surface area contributed by atoms with Crippen LogP contribution < -0.4 is 14.8 Å². The van der Waals surface area contributed by atoms with Gasteiger partial charge in [0.2, 0.25) is 6.79 Å². The molecule has 4 heteroatoms.